The van der Waals surface area contributed by atoms with E-state index in [1.807, 2.05) is 36.4 Å². The summed E-state index contributed by atoms with van der Waals surface area (Å²) in [5.74, 6) is 0.955. The minimum absolute atomic E-state index is 0.117. The van der Waals surface area contributed by atoms with Crippen LogP contribution in [0, 0.1) is 0 Å². The van der Waals surface area contributed by atoms with Gasteiger partial charge in [0.05, 0.1) is 13.2 Å². The monoisotopic (exact) mass is 505 g/mol. The molecule has 0 aliphatic rings. The Bertz CT molecular complexity index is 1500. The third-order valence-electron chi connectivity index (χ3n) is 6.60. The van der Waals surface area contributed by atoms with Gasteiger partial charge in [-0.1, -0.05) is 54.6 Å². The van der Waals surface area contributed by atoms with Crippen molar-refractivity contribution < 1.29 is 14.9 Å². The summed E-state index contributed by atoms with van der Waals surface area (Å²) in [6.07, 6.45) is 1.78. The van der Waals surface area contributed by atoms with Gasteiger partial charge in [0.1, 0.15) is 17.0 Å². The minimum Gasteiger partial charge on any atom is -0.506 e. The van der Waals surface area contributed by atoms with Gasteiger partial charge in [-0.2, -0.15) is 0 Å². The summed E-state index contributed by atoms with van der Waals surface area (Å²) in [6.45, 7) is 1.15. The van der Waals surface area contributed by atoms with Crippen molar-refractivity contribution in [2.45, 2.75) is 12.5 Å². The van der Waals surface area contributed by atoms with E-state index >= 15 is 0 Å². The second kappa shape index (κ2) is 11.8. The molecule has 0 saturated carbocycles. The van der Waals surface area contributed by atoms with Gasteiger partial charge in [0, 0.05) is 35.1 Å². The Morgan fingerprint density at radius 2 is 1.66 bits per heavy atom. The van der Waals surface area contributed by atoms with E-state index in [2.05, 4.69) is 58.1 Å². The van der Waals surface area contributed by atoms with Crippen LogP contribution in [0.1, 0.15) is 17.2 Å². The number of pyridine rings is 1. The first-order valence-electron chi connectivity index (χ1n) is 12.7. The van der Waals surface area contributed by atoms with Crippen molar-refractivity contribution in [1.29, 1.82) is 0 Å². The molecule has 0 bridgehead atoms. The largest absolute Gasteiger partial charge is 0.506 e. The third-order valence-corrected chi connectivity index (χ3v) is 6.60. The molecule has 0 aliphatic carbocycles. The maximum Gasteiger partial charge on any atom is 0.141 e. The number of rotatable bonds is 10. The number of aromatic hydroxyl groups is 1. The Morgan fingerprint density at radius 3 is 2.45 bits per heavy atom. The Balaban J connectivity index is 1.16. The van der Waals surface area contributed by atoms with E-state index in [-0.39, 0.29) is 5.75 Å². The van der Waals surface area contributed by atoms with Crippen LogP contribution in [-0.4, -0.2) is 35.4 Å². The zero-order valence-corrected chi connectivity index (χ0v) is 21.3. The van der Waals surface area contributed by atoms with E-state index in [1.165, 1.54) is 5.56 Å². The molecule has 192 valence electrons. The number of aromatic nitrogens is 1. The first-order valence-corrected chi connectivity index (χ1v) is 12.7. The van der Waals surface area contributed by atoms with Gasteiger partial charge >= 0.3 is 0 Å². The SMILES string of the molecule is COc1ccc(Nc2ccc(CCNC[C@H](O)c3ccc(O)c4ncccc34)cc2)cc1-c1ccccc1. The molecule has 6 heteroatoms. The number of fused-ring (bicyclic) bond motifs is 1. The Morgan fingerprint density at radius 1 is 0.868 bits per heavy atom. The molecule has 1 atom stereocenters. The zero-order chi connectivity index (χ0) is 26.3. The molecule has 4 aromatic carbocycles. The van der Waals surface area contributed by atoms with E-state index < -0.39 is 6.10 Å². The second-order valence-corrected chi connectivity index (χ2v) is 9.15. The fraction of sp³-hybridized carbons (Fsp3) is 0.156. The molecule has 0 saturated heterocycles. The lowest BCUT2D eigenvalue weighted by Crippen LogP contribution is -2.24. The number of nitrogens with one attached hydrogen (secondary N) is 2. The number of ether oxygens (including phenoxy) is 1. The number of hydrogen-bond donors (Lipinski definition) is 4. The van der Waals surface area contributed by atoms with E-state index in [0.717, 1.165) is 52.2 Å². The van der Waals surface area contributed by atoms with Crippen LogP contribution >= 0.6 is 0 Å². The highest BCUT2D eigenvalue weighted by atomic mass is 16.5. The molecule has 1 heterocycles. The van der Waals surface area contributed by atoms with E-state index in [1.54, 1.807) is 31.5 Å². The summed E-state index contributed by atoms with van der Waals surface area (Å²) in [5.41, 5.74) is 6.61. The molecule has 0 aliphatic heterocycles. The summed E-state index contributed by atoms with van der Waals surface area (Å²) < 4.78 is 5.57. The maximum absolute atomic E-state index is 10.7. The van der Waals surface area contributed by atoms with Crippen LogP contribution in [-0.2, 0) is 6.42 Å². The Kier molecular flexibility index (Phi) is 7.83. The summed E-state index contributed by atoms with van der Waals surface area (Å²) in [4.78, 5) is 4.23. The predicted molar refractivity (Wildman–Crippen MR) is 153 cm³/mol. The van der Waals surface area contributed by atoms with Gasteiger partial charge in [0.15, 0.2) is 0 Å². The molecule has 0 spiro atoms. The van der Waals surface area contributed by atoms with Crippen LogP contribution in [0.2, 0.25) is 0 Å². The third kappa shape index (κ3) is 5.78. The van der Waals surface area contributed by atoms with E-state index in [9.17, 15) is 10.2 Å². The van der Waals surface area contributed by atoms with E-state index in [4.69, 9.17) is 4.74 Å². The molecule has 0 unspecified atom stereocenters. The fourth-order valence-corrected chi connectivity index (χ4v) is 4.60. The number of methoxy groups -OCH3 is 1. The molecule has 38 heavy (non-hydrogen) atoms. The van der Waals surface area contributed by atoms with Crippen LogP contribution in [0.5, 0.6) is 11.5 Å². The van der Waals surface area contributed by atoms with Gasteiger partial charge in [-0.15, -0.1) is 0 Å². The van der Waals surface area contributed by atoms with Crippen LogP contribution in [0.25, 0.3) is 22.0 Å². The first kappa shape index (κ1) is 25.3. The van der Waals surface area contributed by atoms with Crippen LogP contribution in [0.3, 0.4) is 0 Å². The molecule has 0 amide bonds. The van der Waals surface area contributed by atoms with Gasteiger partial charge in [-0.3, -0.25) is 4.98 Å². The van der Waals surface area contributed by atoms with Gasteiger partial charge < -0.3 is 25.6 Å². The first-order chi connectivity index (χ1) is 18.6. The number of benzene rings is 4. The van der Waals surface area contributed by atoms with Crippen LogP contribution in [0.4, 0.5) is 11.4 Å². The maximum atomic E-state index is 10.7. The molecule has 5 aromatic rings. The quantitative estimate of drug-likeness (QED) is 0.169. The predicted octanol–water partition coefficient (Wildman–Crippen LogP) is 6.23. The highest BCUT2D eigenvalue weighted by molar-refractivity contribution is 5.87. The van der Waals surface area contributed by atoms with Crippen LogP contribution in [0.15, 0.2) is 103 Å². The summed E-state index contributed by atoms with van der Waals surface area (Å²) in [6, 6.07) is 31.7. The fourth-order valence-electron chi connectivity index (χ4n) is 4.60. The lowest BCUT2D eigenvalue weighted by atomic mass is 10.0. The van der Waals surface area contributed by atoms with Crippen molar-refractivity contribution >= 4 is 22.3 Å². The van der Waals surface area contributed by atoms with Crippen molar-refractivity contribution in [3.63, 3.8) is 0 Å². The molecule has 6 nitrogen and oxygen atoms in total. The number of phenolic OH excluding ortho intramolecular Hbond substituents is 1. The number of anilines is 2. The van der Waals surface area contributed by atoms with Crippen LogP contribution < -0.4 is 15.4 Å². The van der Waals surface area contributed by atoms with Crippen molar-refractivity contribution in [1.82, 2.24) is 10.3 Å². The number of aliphatic hydroxyl groups is 1. The van der Waals surface area contributed by atoms with Crippen molar-refractivity contribution in [2.24, 2.45) is 0 Å². The molecule has 0 radical (unpaired) electrons. The Hall–Kier alpha value is -4.39. The van der Waals surface area contributed by atoms with E-state index in [0.29, 0.717) is 12.1 Å². The van der Waals surface area contributed by atoms with Gasteiger partial charge in [-0.05, 0) is 72.1 Å². The zero-order valence-electron chi connectivity index (χ0n) is 21.3. The molecular formula is C32H31N3O3. The summed E-state index contributed by atoms with van der Waals surface area (Å²) in [5, 5.41) is 28.3. The lowest BCUT2D eigenvalue weighted by Gasteiger charge is -2.15. The van der Waals surface area contributed by atoms with Crippen molar-refractivity contribution in [3.8, 4) is 22.6 Å². The number of nitrogens with zero attached hydrogens (tertiary/aromatic N) is 1. The normalized spacial score (nSPS) is 11.8. The number of phenols is 1. The molecule has 4 N–H and O–H groups in total. The Labute approximate surface area is 222 Å². The number of hydrogen-bond acceptors (Lipinski definition) is 6. The topological polar surface area (TPSA) is 86.6 Å². The smallest absolute Gasteiger partial charge is 0.141 e. The average Bonchev–Trinajstić information content (AvgIpc) is 2.97. The summed E-state index contributed by atoms with van der Waals surface area (Å²) >= 11 is 0. The molecule has 1 aromatic heterocycles. The van der Waals surface area contributed by atoms with Gasteiger partial charge in [0.25, 0.3) is 0 Å². The number of aliphatic hydroxyl groups excluding tert-OH is 1. The second-order valence-electron chi connectivity index (χ2n) is 9.15. The average molecular weight is 506 g/mol. The minimum atomic E-state index is -0.695. The molecule has 5 rings (SSSR count). The molecule has 0 fully saturated rings. The molecular weight excluding hydrogens is 474 g/mol. The highest BCUT2D eigenvalue weighted by Crippen LogP contribution is 2.33. The summed E-state index contributed by atoms with van der Waals surface area (Å²) in [7, 11) is 1.69. The van der Waals surface area contributed by atoms with Gasteiger partial charge in [0.2, 0.25) is 0 Å². The lowest BCUT2D eigenvalue weighted by molar-refractivity contribution is 0.176. The van der Waals surface area contributed by atoms with Crippen molar-refractivity contribution in [3.05, 3.63) is 114 Å². The standard InChI is InChI=1S/C32H31N3O3/c1-38-31-16-13-25(20-28(31)23-6-3-2-4-7-23)35-24-11-9-22(10-12-24)17-19-33-21-30(37)26-14-15-29(36)32-27(26)8-5-18-34-32/h2-16,18,20,30,33,35-37H,17,19,21H2,1H3/t30-/m0/s1. The van der Waals surface area contributed by atoms with Crippen molar-refractivity contribution in [2.75, 3.05) is 25.5 Å². The highest BCUT2D eigenvalue weighted by Gasteiger charge is 2.13. The van der Waals surface area contributed by atoms with Gasteiger partial charge in [-0.25, -0.2) is 0 Å².